The van der Waals surface area contributed by atoms with Crippen LogP contribution in [0.4, 0.5) is 0 Å². The fourth-order valence-corrected chi connectivity index (χ4v) is 5.56. The van der Waals surface area contributed by atoms with Gasteiger partial charge in [0.05, 0.1) is 22.5 Å². The largest absolute Gasteiger partial charge is 0.381 e. The van der Waals surface area contributed by atoms with Crippen molar-refractivity contribution in [1.82, 2.24) is 4.90 Å². The van der Waals surface area contributed by atoms with Gasteiger partial charge in [-0.15, -0.1) is 11.8 Å². The highest BCUT2D eigenvalue weighted by molar-refractivity contribution is 8.01. The summed E-state index contributed by atoms with van der Waals surface area (Å²) in [7, 11) is 0. The van der Waals surface area contributed by atoms with Crippen molar-refractivity contribution in [2.24, 2.45) is 5.92 Å². The molecule has 138 valence electrons. The number of nitriles is 1. The predicted molar refractivity (Wildman–Crippen MR) is 100 cm³/mol. The van der Waals surface area contributed by atoms with Gasteiger partial charge in [0.15, 0.2) is 0 Å². The van der Waals surface area contributed by atoms with Crippen LogP contribution in [-0.4, -0.2) is 60.3 Å². The van der Waals surface area contributed by atoms with Gasteiger partial charge in [0, 0.05) is 44.2 Å². The van der Waals surface area contributed by atoms with Crippen LogP contribution >= 0.6 is 11.8 Å². The van der Waals surface area contributed by atoms with Gasteiger partial charge in [-0.2, -0.15) is 5.26 Å². The zero-order valence-corrected chi connectivity index (χ0v) is 15.7. The Hall–Kier alpha value is -1.55. The summed E-state index contributed by atoms with van der Waals surface area (Å²) in [6.45, 7) is 4.13. The van der Waals surface area contributed by atoms with Gasteiger partial charge < -0.3 is 14.4 Å². The third-order valence-corrected chi connectivity index (χ3v) is 7.14. The molecule has 1 spiro atoms. The molecule has 6 heteroatoms. The molecule has 1 amide bonds. The normalized spacial score (nSPS) is 25.0. The number of ether oxygens (including phenoxy) is 2. The van der Waals surface area contributed by atoms with Crippen molar-refractivity contribution < 1.29 is 14.3 Å². The second-order valence-corrected chi connectivity index (χ2v) is 9.05. The van der Waals surface area contributed by atoms with E-state index in [0.29, 0.717) is 23.1 Å². The Balaban J connectivity index is 1.26. The first-order valence-electron chi connectivity index (χ1n) is 9.30. The van der Waals surface area contributed by atoms with E-state index in [4.69, 9.17) is 14.7 Å². The number of amides is 1. The number of rotatable bonds is 4. The Kier molecular flexibility index (Phi) is 5.21. The molecule has 1 aromatic rings. The molecule has 1 atom stereocenters. The first-order chi connectivity index (χ1) is 12.7. The third-order valence-electron chi connectivity index (χ3n) is 5.57. The summed E-state index contributed by atoms with van der Waals surface area (Å²) < 4.78 is 11.7. The van der Waals surface area contributed by atoms with Crippen LogP contribution < -0.4 is 0 Å². The van der Waals surface area contributed by atoms with E-state index < -0.39 is 0 Å². The summed E-state index contributed by atoms with van der Waals surface area (Å²) >= 11 is 1.95. The molecule has 0 saturated carbocycles. The van der Waals surface area contributed by atoms with Crippen LogP contribution in [0, 0.1) is 17.2 Å². The molecule has 0 radical (unpaired) electrons. The summed E-state index contributed by atoms with van der Waals surface area (Å²) in [6, 6.07) is 9.05. The molecule has 0 unspecified atom stereocenters. The van der Waals surface area contributed by atoms with E-state index >= 15 is 0 Å². The first kappa shape index (κ1) is 17.8. The van der Waals surface area contributed by atoms with Gasteiger partial charge in [0.2, 0.25) is 0 Å². The number of thioether (sulfide) groups is 1. The lowest BCUT2D eigenvalue weighted by Gasteiger charge is -2.47. The predicted octanol–water partition coefficient (Wildman–Crippen LogP) is 2.70. The molecule has 0 aliphatic carbocycles. The fraction of sp³-hybridized carbons (Fsp3) is 0.600. The van der Waals surface area contributed by atoms with Crippen molar-refractivity contribution in [3.63, 3.8) is 0 Å². The molecule has 26 heavy (non-hydrogen) atoms. The van der Waals surface area contributed by atoms with Gasteiger partial charge in [-0.25, -0.2) is 0 Å². The number of carbonyl (C=O) groups excluding carboxylic acids is 1. The molecular weight excluding hydrogens is 348 g/mol. The van der Waals surface area contributed by atoms with Crippen molar-refractivity contribution in [2.45, 2.75) is 30.1 Å². The second-order valence-electron chi connectivity index (χ2n) is 7.56. The Labute approximate surface area is 158 Å². The van der Waals surface area contributed by atoms with E-state index in [9.17, 15) is 4.79 Å². The zero-order chi connectivity index (χ0) is 18.0. The molecule has 4 rings (SSSR count). The number of carbonyl (C=O) groups is 1. The Bertz CT molecular complexity index is 705. The van der Waals surface area contributed by atoms with Gasteiger partial charge in [0.1, 0.15) is 0 Å². The Morgan fingerprint density at radius 1 is 1.38 bits per heavy atom. The molecule has 1 aromatic carbocycles. The number of benzene rings is 1. The van der Waals surface area contributed by atoms with Crippen LogP contribution in [0.1, 0.15) is 35.2 Å². The van der Waals surface area contributed by atoms with Crippen LogP contribution in [0.2, 0.25) is 0 Å². The van der Waals surface area contributed by atoms with Crippen LogP contribution in [0.15, 0.2) is 24.3 Å². The van der Waals surface area contributed by atoms with Crippen LogP contribution in [0.3, 0.4) is 0 Å². The van der Waals surface area contributed by atoms with Gasteiger partial charge in [-0.3, -0.25) is 4.79 Å². The highest BCUT2D eigenvalue weighted by Crippen LogP contribution is 2.46. The smallest absolute Gasteiger partial charge is 0.253 e. The van der Waals surface area contributed by atoms with Gasteiger partial charge in [0.25, 0.3) is 5.91 Å². The minimum atomic E-state index is 0.0277. The van der Waals surface area contributed by atoms with Crippen LogP contribution in [0.25, 0.3) is 0 Å². The van der Waals surface area contributed by atoms with Crippen molar-refractivity contribution in [1.29, 1.82) is 5.26 Å². The van der Waals surface area contributed by atoms with Crippen LogP contribution in [0.5, 0.6) is 0 Å². The Morgan fingerprint density at radius 2 is 2.19 bits per heavy atom. The van der Waals surface area contributed by atoms with E-state index in [1.807, 2.05) is 16.7 Å². The molecule has 3 aliphatic heterocycles. The maximum atomic E-state index is 12.6. The minimum absolute atomic E-state index is 0.0277. The van der Waals surface area contributed by atoms with Crippen molar-refractivity contribution in [3.8, 4) is 6.07 Å². The topological polar surface area (TPSA) is 62.6 Å². The van der Waals surface area contributed by atoms with E-state index in [2.05, 4.69) is 6.07 Å². The van der Waals surface area contributed by atoms with Gasteiger partial charge >= 0.3 is 0 Å². The molecule has 3 aliphatic rings. The molecule has 0 bridgehead atoms. The molecule has 3 saturated heterocycles. The first-order valence-corrected chi connectivity index (χ1v) is 10.3. The number of hydrogen-bond acceptors (Lipinski definition) is 5. The van der Waals surface area contributed by atoms with Gasteiger partial charge in [-0.05, 0) is 43.4 Å². The van der Waals surface area contributed by atoms with Crippen molar-refractivity contribution >= 4 is 17.7 Å². The average Bonchev–Trinajstić information content (AvgIpc) is 3.10. The lowest BCUT2D eigenvalue weighted by atomic mass is 9.92. The van der Waals surface area contributed by atoms with E-state index in [0.717, 1.165) is 57.9 Å². The van der Waals surface area contributed by atoms with Gasteiger partial charge in [-0.1, -0.05) is 6.07 Å². The maximum absolute atomic E-state index is 12.6. The number of hydrogen-bond donors (Lipinski definition) is 0. The SMILES string of the molecule is N#Cc1cccc(C(=O)N2CC3(C[C@H](OCC4CCOCC4)CS3)C2)c1. The summed E-state index contributed by atoms with van der Waals surface area (Å²) in [4.78, 5) is 14.5. The zero-order valence-electron chi connectivity index (χ0n) is 14.9. The number of nitrogens with zero attached hydrogens (tertiary/aromatic N) is 2. The summed E-state index contributed by atoms with van der Waals surface area (Å²) in [5.41, 5.74) is 1.14. The monoisotopic (exact) mass is 372 g/mol. The third kappa shape index (κ3) is 3.75. The molecule has 3 fully saturated rings. The number of likely N-dealkylation sites (tertiary alicyclic amines) is 1. The minimum Gasteiger partial charge on any atom is -0.381 e. The van der Waals surface area contributed by atoms with E-state index in [1.54, 1.807) is 24.3 Å². The van der Waals surface area contributed by atoms with Crippen LogP contribution in [-0.2, 0) is 9.47 Å². The van der Waals surface area contributed by atoms with Crippen molar-refractivity contribution in [3.05, 3.63) is 35.4 Å². The Morgan fingerprint density at radius 3 is 2.96 bits per heavy atom. The molecule has 0 N–H and O–H groups in total. The summed E-state index contributed by atoms with van der Waals surface area (Å²) in [6.07, 6.45) is 3.55. The maximum Gasteiger partial charge on any atom is 0.253 e. The lowest BCUT2D eigenvalue weighted by molar-refractivity contribution is -0.0118. The highest BCUT2D eigenvalue weighted by Gasteiger charge is 2.51. The molecule has 0 aromatic heterocycles. The summed E-state index contributed by atoms with van der Waals surface area (Å²) in [5.74, 6) is 1.69. The molecule has 3 heterocycles. The fourth-order valence-electron chi connectivity index (χ4n) is 4.01. The van der Waals surface area contributed by atoms with E-state index in [1.165, 1.54) is 0 Å². The average molecular weight is 372 g/mol. The van der Waals surface area contributed by atoms with Crippen molar-refractivity contribution in [2.75, 3.05) is 38.7 Å². The quantitative estimate of drug-likeness (QED) is 0.813. The standard InChI is InChI=1S/C20H24N2O3S/c21-10-16-2-1-3-17(8-16)19(23)22-13-20(14-22)9-18(12-26-20)25-11-15-4-6-24-7-5-15/h1-3,8,15,18H,4-7,9,11-14H2/t18-/m0/s1. The molecule has 5 nitrogen and oxygen atoms in total. The summed E-state index contributed by atoms with van der Waals surface area (Å²) in [5, 5.41) is 9.00. The molecular formula is C20H24N2O3S. The second kappa shape index (κ2) is 7.59. The van der Waals surface area contributed by atoms with E-state index in [-0.39, 0.29) is 10.7 Å². The lowest BCUT2D eigenvalue weighted by Crippen LogP contribution is -2.60. The highest BCUT2D eigenvalue weighted by atomic mass is 32.2.